The highest BCUT2D eigenvalue weighted by Crippen LogP contribution is 2.38. The predicted molar refractivity (Wildman–Crippen MR) is 105 cm³/mol. The molecule has 1 N–H and O–H groups in total. The van der Waals surface area contributed by atoms with E-state index < -0.39 is 29.4 Å². The second-order valence-electron chi connectivity index (χ2n) is 6.77. The van der Waals surface area contributed by atoms with Crippen LogP contribution in [-0.2, 0) is 14.4 Å². The average molecular weight is 394 g/mol. The van der Waals surface area contributed by atoms with Crippen LogP contribution in [0, 0.1) is 5.92 Å². The normalized spacial score (nSPS) is 18.6. The van der Waals surface area contributed by atoms with E-state index in [2.05, 4.69) is 5.32 Å². The standard InChI is InChI=1S/C22H22N2O5/c1-14(25)23-12-13-24-19(15-8-10-17(29-2)11-9-15)18(21(27)22(24)28)20(26)16-6-4-3-5-7-16/h3-11,18-19H,12-13H2,1-2H3,(H,23,25). The molecule has 2 amide bonds. The smallest absolute Gasteiger partial charge is 0.291 e. The van der Waals surface area contributed by atoms with E-state index >= 15 is 0 Å². The third kappa shape index (κ3) is 4.18. The summed E-state index contributed by atoms with van der Waals surface area (Å²) in [6.45, 7) is 1.69. The lowest BCUT2D eigenvalue weighted by molar-refractivity contribution is -0.140. The van der Waals surface area contributed by atoms with Gasteiger partial charge in [0.15, 0.2) is 5.78 Å². The molecule has 0 aromatic heterocycles. The second kappa shape index (κ2) is 8.68. The molecule has 0 spiro atoms. The van der Waals surface area contributed by atoms with E-state index in [-0.39, 0.29) is 19.0 Å². The van der Waals surface area contributed by atoms with Gasteiger partial charge in [-0.3, -0.25) is 19.2 Å². The molecule has 0 radical (unpaired) electrons. The van der Waals surface area contributed by atoms with Crippen LogP contribution < -0.4 is 10.1 Å². The Morgan fingerprint density at radius 1 is 1.03 bits per heavy atom. The summed E-state index contributed by atoms with van der Waals surface area (Å²) in [7, 11) is 1.54. The van der Waals surface area contributed by atoms with E-state index in [0.717, 1.165) is 0 Å². The quantitative estimate of drug-likeness (QED) is 0.439. The largest absolute Gasteiger partial charge is 0.497 e. The first kappa shape index (κ1) is 20.3. The molecule has 2 atom stereocenters. The summed E-state index contributed by atoms with van der Waals surface area (Å²) in [6.07, 6.45) is 0. The number of amides is 2. The number of nitrogens with zero attached hydrogens (tertiary/aromatic N) is 1. The minimum atomic E-state index is -1.14. The molecule has 1 aliphatic rings. The number of hydrogen-bond donors (Lipinski definition) is 1. The number of hydrogen-bond acceptors (Lipinski definition) is 5. The first-order valence-electron chi connectivity index (χ1n) is 9.26. The average Bonchev–Trinajstić information content (AvgIpc) is 2.98. The van der Waals surface area contributed by atoms with Crippen LogP contribution in [0.2, 0.25) is 0 Å². The highest BCUT2D eigenvalue weighted by molar-refractivity contribution is 6.44. The molecule has 0 aliphatic carbocycles. The van der Waals surface area contributed by atoms with Crippen molar-refractivity contribution < 1.29 is 23.9 Å². The Bertz CT molecular complexity index is 924. The summed E-state index contributed by atoms with van der Waals surface area (Å²) in [5.41, 5.74) is 1.03. The van der Waals surface area contributed by atoms with Gasteiger partial charge in [0.2, 0.25) is 11.7 Å². The highest BCUT2D eigenvalue weighted by Gasteiger charge is 2.51. The summed E-state index contributed by atoms with van der Waals surface area (Å²) in [5.74, 6) is -2.60. The lowest BCUT2D eigenvalue weighted by Crippen LogP contribution is -2.37. The van der Waals surface area contributed by atoms with Crippen LogP contribution in [0.4, 0.5) is 0 Å². The van der Waals surface area contributed by atoms with Crippen molar-refractivity contribution in [3.63, 3.8) is 0 Å². The Labute approximate surface area is 168 Å². The van der Waals surface area contributed by atoms with Gasteiger partial charge in [0, 0.05) is 25.6 Å². The third-order valence-electron chi connectivity index (χ3n) is 4.93. The molecule has 2 unspecified atom stereocenters. The molecule has 7 heteroatoms. The molecule has 29 heavy (non-hydrogen) atoms. The first-order valence-corrected chi connectivity index (χ1v) is 9.26. The number of carbonyl (C=O) groups is 4. The van der Waals surface area contributed by atoms with Crippen LogP contribution in [0.1, 0.15) is 28.9 Å². The molecule has 150 valence electrons. The van der Waals surface area contributed by atoms with E-state index in [4.69, 9.17) is 4.74 Å². The highest BCUT2D eigenvalue weighted by atomic mass is 16.5. The summed E-state index contributed by atoms with van der Waals surface area (Å²) in [4.78, 5) is 51.2. The van der Waals surface area contributed by atoms with Crippen molar-refractivity contribution in [2.24, 2.45) is 5.92 Å². The maximum Gasteiger partial charge on any atom is 0.291 e. The maximum atomic E-state index is 13.1. The number of methoxy groups -OCH3 is 1. The zero-order valence-electron chi connectivity index (χ0n) is 16.3. The van der Waals surface area contributed by atoms with E-state index in [1.165, 1.54) is 11.8 Å². The van der Waals surface area contributed by atoms with Gasteiger partial charge in [-0.25, -0.2) is 0 Å². The summed E-state index contributed by atoms with van der Waals surface area (Å²) in [5, 5.41) is 2.62. The van der Waals surface area contributed by atoms with Crippen LogP contribution in [0.15, 0.2) is 54.6 Å². The number of nitrogens with one attached hydrogen (secondary N) is 1. The zero-order valence-corrected chi connectivity index (χ0v) is 16.3. The summed E-state index contributed by atoms with van der Waals surface area (Å²) >= 11 is 0. The topological polar surface area (TPSA) is 92.8 Å². The van der Waals surface area contributed by atoms with Gasteiger partial charge in [-0.05, 0) is 17.7 Å². The fourth-order valence-electron chi connectivity index (χ4n) is 3.54. The molecular weight excluding hydrogens is 372 g/mol. The lowest BCUT2D eigenvalue weighted by atomic mass is 9.86. The molecule has 1 fully saturated rings. The van der Waals surface area contributed by atoms with Crippen LogP contribution in [0.3, 0.4) is 0 Å². The van der Waals surface area contributed by atoms with Crippen molar-refractivity contribution in [3.05, 3.63) is 65.7 Å². The van der Waals surface area contributed by atoms with Crippen molar-refractivity contribution in [1.29, 1.82) is 0 Å². The predicted octanol–water partition coefficient (Wildman–Crippen LogP) is 1.78. The number of likely N-dealkylation sites (tertiary alicyclic amines) is 1. The maximum absolute atomic E-state index is 13.1. The molecule has 0 saturated carbocycles. The Kier molecular flexibility index (Phi) is 6.07. The SMILES string of the molecule is COc1ccc(C2C(C(=O)c3ccccc3)C(=O)C(=O)N2CCNC(C)=O)cc1. The van der Waals surface area contributed by atoms with Crippen molar-refractivity contribution in [3.8, 4) is 5.75 Å². The van der Waals surface area contributed by atoms with Crippen molar-refractivity contribution in [2.45, 2.75) is 13.0 Å². The van der Waals surface area contributed by atoms with Crippen molar-refractivity contribution in [2.75, 3.05) is 20.2 Å². The Morgan fingerprint density at radius 3 is 2.28 bits per heavy atom. The summed E-state index contributed by atoms with van der Waals surface area (Å²) < 4.78 is 5.17. The molecule has 2 aromatic rings. The number of rotatable bonds is 7. The molecule has 1 saturated heterocycles. The van der Waals surface area contributed by atoms with Gasteiger partial charge in [0.1, 0.15) is 11.7 Å². The first-order chi connectivity index (χ1) is 13.9. The van der Waals surface area contributed by atoms with Gasteiger partial charge in [0.25, 0.3) is 5.91 Å². The van der Waals surface area contributed by atoms with Gasteiger partial charge < -0.3 is 15.0 Å². The van der Waals surface area contributed by atoms with Crippen LogP contribution in [0.5, 0.6) is 5.75 Å². The molecule has 1 heterocycles. The van der Waals surface area contributed by atoms with E-state index in [1.54, 1.807) is 61.7 Å². The second-order valence-corrected chi connectivity index (χ2v) is 6.77. The molecule has 1 aliphatic heterocycles. The lowest BCUT2D eigenvalue weighted by Gasteiger charge is -2.27. The minimum absolute atomic E-state index is 0.124. The van der Waals surface area contributed by atoms with Gasteiger partial charge in [-0.2, -0.15) is 0 Å². The monoisotopic (exact) mass is 394 g/mol. The Hall–Kier alpha value is -3.48. The molecule has 0 bridgehead atoms. The number of ether oxygens (including phenoxy) is 1. The molecule has 7 nitrogen and oxygen atoms in total. The zero-order chi connectivity index (χ0) is 21.0. The van der Waals surface area contributed by atoms with Gasteiger partial charge in [-0.1, -0.05) is 42.5 Å². The number of carbonyl (C=O) groups excluding carboxylic acids is 4. The summed E-state index contributed by atoms with van der Waals surface area (Å²) in [6, 6.07) is 14.6. The fourth-order valence-corrected chi connectivity index (χ4v) is 3.54. The number of benzene rings is 2. The van der Waals surface area contributed by atoms with Crippen LogP contribution >= 0.6 is 0 Å². The number of ketones is 2. The Morgan fingerprint density at radius 2 is 1.69 bits per heavy atom. The molecule has 2 aromatic carbocycles. The van der Waals surface area contributed by atoms with E-state index in [0.29, 0.717) is 16.9 Å². The number of Topliss-reactive ketones (excluding diaryl/α,β-unsaturated/α-hetero) is 2. The van der Waals surface area contributed by atoms with Crippen LogP contribution in [0.25, 0.3) is 0 Å². The van der Waals surface area contributed by atoms with E-state index in [9.17, 15) is 19.2 Å². The third-order valence-corrected chi connectivity index (χ3v) is 4.93. The minimum Gasteiger partial charge on any atom is -0.497 e. The Balaban J connectivity index is 1.99. The van der Waals surface area contributed by atoms with Crippen molar-refractivity contribution >= 4 is 23.4 Å². The van der Waals surface area contributed by atoms with E-state index in [1.807, 2.05) is 0 Å². The fraction of sp³-hybridized carbons (Fsp3) is 0.273. The van der Waals surface area contributed by atoms with Gasteiger partial charge in [-0.15, -0.1) is 0 Å². The van der Waals surface area contributed by atoms with Crippen molar-refractivity contribution in [1.82, 2.24) is 10.2 Å². The van der Waals surface area contributed by atoms with Crippen LogP contribution in [-0.4, -0.2) is 48.5 Å². The molecular formula is C22H22N2O5. The molecule has 3 rings (SSSR count). The van der Waals surface area contributed by atoms with Gasteiger partial charge >= 0.3 is 0 Å². The van der Waals surface area contributed by atoms with Gasteiger partial charge in [0.05, 0.1) is 13.2 Å².